The summed E-state index contributed by atoms with van der Waals surface area (Å²) in [6, 6.07) is 3.81. The molecule has 0 spiro atoms. The number of halogens is 3. The Morgan fingerprint density at radius 2 is 1.74 bits per heavy atom. The lowest BCUT2D eigenvalue weighted by atomic mass is 10.1. The molecule has 5 heteroatoms. The van der Waals surface area contributed by atoms with E-state index >= 15 is 0 Å². The van der Waals surface area contributed by atoms with Crippen LogP contribution < -0.4 is 4.90 Å². The maximum atomic E-state index is 13.0. The average Bonchev–Trinajstić information content (AvgIpc) is 2.37. The molecule has 104 valence electrons. The molecule has 0 amide bonds. The fourth-order valence-electron chi connectivity index (χ4n) is 1.77. The molecule has 0 heterocycles. The molecule has 1 aromatic carbocycles. The molecule has 0 bridgehead atoms. The first-order valence-corrected chi connectivity index (χ1v) is 5.71. The van der Waals surface area contributed by atoms with E-state index in [1.54, 1.807) is 0 Å². The van der Waals surface area contributed by atoms with Gasteiger partial charge in [0.05, 0.1) is 12.2 Å². The number of aliphatic hydroxyl groups is 1. The summed E-state index contributed by atoms with van der Waals surface area (Å²) in [5, 5.41) is 8.95. The molecular weight excluding hydrogens is 255 g/mol. The minimum Gasteiger partial charge on any atom is -0.392 e. The third-order valence-electron chi connectivity index (χ3n) is 2.59. The molecule has 2 nitrogen and oxygen atoms in total. The number of benzene rings is 1. The van der Waals surface area contributed by atoms with Gasteiger partial charge in [0.2, 0.25) is 0 Å². The van der Waals surface area contributed by atoms with Crippen LogP contribution in [0.25, 0.3) is 0 Å². The van der Waals surface area contributed by atoms with Gasteiger partial charge in [0.1, 0.15) is 0 Å². The number of aliphatic hydroxyl groups excluding tert-OH is 1. The summed E-state index contributed by atoms with van der Waals surface area (Å²) in [7, 11) is 0. The van der Waals surface area contributed by atoms with E-state index < -0.39 is 18.3 Å². The first kappa shape index (κ1) is 15.3. The molecule has 0 aromatic heterocycles. The smallest absolute Gasteiger partial charge is 0.392 e. The van der Waals surface area contributed by atoms with Crippen molar-refractivity contribution in [2.24, 2.45) is 0 Å². The number of nitrogens with zero attached hydrogens (tertiary/aromatic N) is 1. The monoisotopic (exact) mass is 271 g/mol. The Bertz CT molecular complexity index is 444. The van der Waals surface area contributed by atoms with Crippen LogP contribution in [0.15, 0.2) is 43.5 Å². The standard InChI is InChI=1S/C14H16F3NO/c1-3-7-18(8-4-2)13-6-5-11(10-19)9-12(13)14(15,16)17/h3-6,9,19H,1-2,7-8,10H2. The summed E-state index contributed by atoms with van der Waals surface area (Å²) in [5.74, 6) is 0. The van der Waals surface area contributed by atoms with E-state index in [4.69, 9.17) is 5.11 Å². The van der Waals surface area contributed by atoms with E-state index in [0.29, 0.717) is 0 Å². The van der Waals surface area contributed by atoms with Gasteiger partial charge in [-0.2, -0.15) is 13.2 Å². The predicted octanol–water partition coefficient (Wildman–Crippen LogP) is 3.38. The maximum absolute atomic E-state index is 13.0. The highest BCUT2D eigenvalue weighted by atomic mass is 19.4. The van der Waals surface area contributed by atoms with Gasteiger partial charge in [-0.3, -0.25) is 0 Å². The highest BCUT2D eigenvalue weighted by Crippen LogP contribution is 2.37. The van der Waals surface area contributed by atoms with Crippen LogP contribution in [0.5, 0.6) is 0 Å². The zero-order chi connectivity index (χ0) is 14.5. The number of alkyl halides is 3. The molecule has 1 aromatic rings. The summed E-state index contributed by atoms with van der Waals surface area (Å²) in [5.41, 5.74) is -0.472. The average molecular weight is 271 g/mol. The molecule has 0 aliphatic rings. The van der Waals surface area contributed by atoms with Crippen molar-refractivity contribution in [3.63, 3.8) is 0 Å². The molecule has 0 fully saturated rings. The van der Waals surface area contributed by atoms with Crippen molar-refractivity contribution >= 4 is 5.69 Å². The molecule has 0 aliphatic carbocycles. The van der Waals surface area contributed by atoms with Gasteiger partial charge >= 0.3 is 6.18 Å². The lowest BCUT2D eigenvalue weighted by molar-refractivity contribution is -0.137. The van der Waals surface area contributed by atoms with Gasteiger partial charge in [-0.1, -0.05) is 18.2 Å². The van der Waals surface area contributed by atoms with Crippen molar-refractivity contribution < 1.29 is 18.3 Å². The van der Waals surface area contributed by atoms with E-state index in [-0.39, 0.29) is 24.3 Å². The van der Waals surface area contributed by atoms with Crippen molar-refractivity contribution in [3.05, 3.63) is 54.6 Å². The van der Waals surface area contributed by atoms with Crippen molar-refractivity contribution in [1.29, 1.82) is 0 Å². The normalized spacial score (nSPS) is 11.2. The molecule has 1 rings (SSSR count). The van der Waals surface area contributed by atoms with Gasteiger partial charge in [-0.05, 0) is 17.7 Å². The summed E-state index contributed by atoms with van der Waals surface area (Å²) >= 11 is 0. The summed E-state index contributed by atoms with van der Waals surface area (Å²) in [4.78, 5) is 1.52. The van der Waals surface area contributed by atoms with E-state index in [1.165, 1.54) is 29.2 Å². The van der Waals surface area contributed by atoms with Gasteiger partial charge in [-0.25, -0.2) is 0 Å². The largest absolute Gasteiger partial charge is 0.418 e. The van der Waals surface area contributed by atoms with Gasteiger partial charge in [-0.15, -0.1) is 13.2 Å². The van der Waals surface area contributed by atoms with Crippen molar-refractivity contribution in [1.82, 2.24) is 0 Å². The summed E-state index contributed by atoms with van der Waals surface area (Å²) in [6.45, 7) is 7.22. The van der Waals surface area contributed by atoms with Gasteiger partial charge in [0.25, 0.3) is 0 Å². The third kappa shape index (κ3) is 3.86. The highest BCUT2D eigenvalue weighted by molar-refractivity contribution is 5.57. The number of rotatable bonds is 6. The third-order valence-corrected chi connectivity index (χ3v) is 2.59. The topological polar surface area (TPSA) is 23.5 Å². The van der Waals surface area contributed by atoms with E-state index in [0.717, 1.165) is 6.07 Å². The van der Waals surface area contributed by atoms with Crippen LogP contribution in [0.4, 0.5) is 18.9 Å². The number of hydrogen-bond donors (Lipinski definition) is 1. The zero-order valence-corrected chi connectivity index (χ0v) is 10.5. The molecule has 0 unspecified atom stereocenters. The molecule has 19 heavy (non-hydrogen) atoms. The predicted molar refractivity (Wildman–Crippen MR) is 70.0 cm³/mol. The minimum atomic E-state index is -4.47. The molecule has 0 saturated heterocycles. The van der Waals surface area contributed by atoms with E-state index in [2.05, 4.69) is 13.2 Å². The summed E-state index contributed by atoms with van der Waals surface area (Å²) in [6.07, 6.45) is -1.41. The Kier molecular flexibility index (Phi) is 5.18. The van der Waals surface area contributed by atoms with Crippen molar-refractivity contribution in [2.45, 2.75) is 12.8 Å². The van der Waals surface area contributed by atoms with Crippen LogP contribution in [-0.2, 0) is 12.8 Å². The summed E-state index contributed by atoms with van der Waals surface area (Å²) < 4.78 is 39.1. The zero-order valence-electron chi connectivity index (χ0n) is 10.5. The second kappa shape index (κ2) is 6.43. The van der Waals surface area contributed by atoms with E-state index in [9.17, 15) is 13.2 Å². The molecule has 0 radical (unpaired) electrons. The maximum Gasteiger partial charge on any atom is 0.418 e. The fraction of sp³-hybridized carbons (Fsp3) is 0.286. The van der Waals surface area contributed by atoms with Gasteiger partial charge < -0.3 is 10.0 Å². The second-order valence-corrected chi connectivity index (χ2v) is 3.99. The molecule has 0 atom stereocenters. The second-order valence-electron chi connectivity index (χ2n) is 3.99. The van der Waals surface area contributed by atoms with Crippen LogP contribution in [-0.4, -0.2) is 18.2 Å². The Balaban J connectivity index is 3.30. The van der Waals surface area contributed by atoms with Crippen molar-refractivity contribution in [3.8, 4) is 0 Å². The fourth-order valence-corrected chi connectivity index (χ4v) is 1.77. The Labute approximate surface area is 110 Å². The molecular formula is C14H16F3NO. The van der Waals surface area contributed by atoms with Crippen LogP contribution in [0.1, 0.15) is 11.1 Å². The van der Waals surface area contributed by atoms with Gasteiger partial charge in [0, 0.05) is 18.8 Å². The van der Waals surface area contributed by atoms with Crippen LogP contribution in [0.3, 0.4) is 0 Å². The van der Waals surface area contributed by atoms with Crippen LogP contribution >= 0.6 is 0 Å². The lowest BCUT2D eigenvalue weighted by Gasteiger charge is -2.25. The molecule has 0 saturated carbocycles. The highest BCUT2D eigenvalue weighted by Gasteiger charge is 2.34. The molecule has 0 aliphatic heterocycles. The first-order valence-electron chi connectivity index (χ1n) is 5.71. The Morgan fingerprint density at radius 1 is 1.16 bits per heavy atom. The van der Waals surface area contributed by atoms with Crippen LogP contribution in [0.2, 0.25) is 0 Å². The Morgan fingerprint density at radius 3 is 2.16 bits per heavy atom. The quantitative estimate of drug-likeness (QED) is 0.802. The Hall–Kier alpha value is -1.75. The van der Waals surface area contributed by atoms with Crippen LogP contribution in [0, 0.1) is 0 Å². The molecule has 1 N–H and O–H groups in total. The SMILES string of the molecule is C=CCN(CC=C)c1ccc(CO)cc1C(F)(F)F. The number of anilines is 1. The van der Waals surface area contributed by atoms with Gasteiger partial charge in [0.15, 0.2) is 0 Å². The van der Waals surface area contributed by atoms with Crippen molar-refractivity contribution in [2.75, 3.05) is 18.0 Å². The van der Waals surface area contributed by atoms with E-state index in [1.807, 2.05) is 0 Å². The minimum absolute atomic E-state index is 0.0597. The first-order chi connectivity index (χ1) is 8.93. The lowest BCUT2D eigenvalue weighted by Crippen LogP contribution is -2.26. The number of hydrogen-bond acceptors (Lipinski definition) is 2.